The summed E-state index contributed by atoms with van der Waals surface area (Å²) in [7, 11) is 0. The lowest BCUT2D eigenvalue weighted by atomic mass is 9.85. The van der Waals surface area contributed by atoms with E-state index in [-0.39, 0.29) is 0 Å². The second kappa shape index (κ2) is 4.46. The predicted molar refractivity (Wildman–Crippen MR) is 60.2 cm³/mol. The van der Waals surface area contributed by atoms with E-state index < -0.39 is 0 Å². The van der Waals surface area contributed by atoms with E-state index in [1.165, 1.54) is 5.56 Å². The fourth-order valence-corrected chi connectivity index (χ4v) is 2.42. The summed E-state index contributed by atoms with van der Waals surface area (Å²) in [5.41, 5.74) is 1.38. The second-order valence-corrected chi connectivity index (χ2v) is 4.24. The third kappa shape index (κ3) is 2.03. The highest BCUT2D eigenvalue weighted by Crippen LogP contribution is 2.37. The van der Waals surface area contributed by atoms with Gasteiger partial charge in [-0.05, 0) is 11.5 Å². The zero-order valence-corrected chi connectivity index (χ0v) is 9.06. The van der Waals surface area contributed by atoms with Crippen LogP contribution in [0.5, 0.6) is 0 Å². The van der Waals surface area contributed by atoms with Crippen molar-refractivity contribution in [1.82, 2.24) is 4.90 Å². The summed E-state index contributed by atoms with van der Waals surface area (Å²) in [4.78, 5) is 2.39. The van der Waals surface area contributed by atoms with E-state index in [1.807, 2.05) is 6.07 Å². The first-order chi connectivity index (χ1) is 7.33. The molecule has 1 aromatic rings. The highest BCUT2D eigenvalue weighted by atomic mass is 15.2. The van der Waals surface area contributed by atoms with E-state index >= 15 is 0 Å². The highest BCUT2D eigenvalue weighted by Gasteiger charge is 2.35. The van der Waals surface area contributed by atoms with Crippen LogP contribution in [-0.2, 0) is 0 Å². The number of nitriles is 1. The van der Waals surface area contributed by atoms with Gasteiger partial charge in [0.05, 0.1) is 6.07 Å². The number of nitrogens with zero attached hydrogens (tertiary/aromatic N) is 2. The first kappa shape index (κ1) is 10.2. The summed E-state index contributed by atoms with van der Waals surface area (Å²) in [6.45, 7) is 4.31. The maximum absolute atomic E-state index is 8.58. The number of hydrogen-bond acceptors (Lipinski definition) is 2. The third-order valence-electron chi connectivity index (χ3n) is 3.11. The van der Waals surface area contributed by atoms with Gasteiger partial charge in [-0.1, -0.05) is 37.3 Å². The van der Waals surface area contributed by atoms with E-state index in [0.29, 0.717) is 18.4 Å². The van der Waals surface area contributed by atoms with Crippen molar-refractivity contribution < 1.29 is 0 Å². The van der Waals surface area contributed by atoms with Crippen molar-refractivity contribution in [3.05, 3.63) is 35.9 Å². The molecule has 0 aliphatic carbocycles. The van der Waals surface area contributed by atoms with Gasteiger partial charge in [0.25, 0.3) is 0 Å². The number of likely N-dealkylation sites (tertiary alicyclic amines) is 1. The molecule has 1 aliphatic heterocycles. The molecule has 2 rings (SSSR count). The Bertz CT molecular complexity index is 353. The maximum Gasteiger partial charge on any atom is 0.0635 e. The van der Waals surface area contributed by atoms with E-state index in [4.69, 9.17) is 5.26 Å². The Morgan fingerprint density at radius 3 is 2.73 bits per heavy atom. The predicted octanol–water partition coefficient (Wildman–Crippen LogP) is 2.59. The minimum atomic E-state index is 0.527. The Labute approximate surface area is 91.1 Å². The van der Waals surface area contributed by atoms with E-state index in [1.54, 1.807) is 0 Å². The Morgan fingerprint density at radius 2 is 2.13 bits per heavy atom. The van der Waals surface area contributed by atoms with Gasteiger partial charge in [-0.2, -0.15) is 5.26 Å². The first-order valence-corrected chi connectivity index (χ1v) is 5.49. The zero-order valence-electron chi connectivity index (χ0n) is 9.06. The molecule has 0 aromatic heterocycles. The van der Waals surface area contributed by atoms with Crippen LogP contribution in [-0.4, -0.2) is 18.0 Å². The van der Waals surface area contributed by atoms with Gasteiger partial charge in [-0.15, -0.1) is 0 Å². The molecule has 0 N–H and O–H groups in total. The van der Waals surface area contributed by atoms with Gasteiger partial charge in [0, 0.05) is 25.6 Å². The smallest absolute Gasteiger partial charge is 0.0635 e. The van der Waals surface area contributed by atoms with Gasteiger partial charge in [-0.3, -0.25) is 4.90 Å². The van der Waals surface area contributed by atoms with Crippen molar-refractivity contribution in [2.45, 2.75) is 19.4 Å². The normalized spacial score (nSPS) is 25.6. The van der Waals surface area contributed by atoms with Gasteiger partial charge in [0.2, 0.25) is 0 Å². The summed E-state index contributed by atoms with van der Waals surface area (Å²) in [6.07, 6.45) is 0.635. The molecule has 0 bridgehead atoms. The first-order valence-electron chi connectivity index (χ1n) is 5.49. The number of hydrogen-bond donors (Lipinski definition) is 0. The van der Waals surface area contributed by atoms with E-state index in [0.717, 1.165) is 13.1 Å². The molecule has 2 nitrogen and oxygen atoms in total. The van der Waals surface area contributed by atoms with Crippen LogP contribution in [0.15, 0.2) is 30.3 Å². The van der Waals surface area contributed by atoms with Crippen LogP contribution in [0.2, 0.25) is 0 Å². The zero-order chi connectivity index (χ0) is 10.7. The van der Waals surface area contributed by atoms with Gasteiger partial charge in [0.1, 0.15) is 0 Å². The van der Waals surface area contributed by atoms with Gasteiger partial charge >= 0.3 is 0 Å². The molecule has 1 aliphatic rings. The second-order valence-electron chi connectivity index (χ2n) is 4.24. The molecule has 1 aromatic carbocycles. The fraction of sp³-hybridized carbons (Fsp3) is 0.462. The topological polar surface area (TPSA) is 27.0 Å². The molecule has 0 spiro atoms. The maximum atomic E-state index is 8.58. The van der Waals surface area contributed by atoms with Crippen molar-refractivity contribution in [1.29, 1.82) is 5.26 Å². The molecule has 2 heteroatoms. The van der Waals surface area contributed by atoms with Crippen molar-refractivity contribution in [2.24, 2.45) is 5.92 Å². The Balaban J connectivity index is 2.04. The molecule has 1 fully saturated rings. The number of benzene rings is 1. The van der Waals surface area contributed by atoms with E-state index in [9.17, 15) is 0 Å². The Hall–Kier alpha value is -1.33. The molecule has 0 amide bonds. The SMILES string of the molecule is CC1CN(CCC#N)C1c1ccccc1. The van der Waals surface area contributed by atoms with Crippen LogP contribution < -0.4 is 0 Å². The molecule has 1 heterocycles. The standard InChI is InChI=1S/C13H16N2/c1-11-10-15(9-5-8-14)13(11)12-6-3-2-4-7-12/h2-4,6-7,11,13H,5,9-10H2,1H3. The molecule has 1 saturated heterocycles. The summed E-state index contributed by atoms with van der Waals surface area (Å²) in [5.74, 6) is 0.714. The van der Waals surface area contributed by atoms with Gasteiger partial charge < -0.3 is 0 Å². The molecule has 2 atom stereocenters. The van der Waals surface area contributed by atoms with Crippen molar-refractivity contribution in [3.63, 3.8) is 0 Å². The summed E-state index contributed by atoms with van der Waals surface area (Å²) >= 11 is 0. The minimum Gasteiger partial charge on any atom is -0.295 e. The molecular weight excluding hydrogens is 184 g/mol. The molecule has 0 radical (unpaired) electrons. The quantitative estimate of drug-likeness (QED) is 0.750. The minimum absolute atomic E-state index is 0.527. The summed E-state index contributed by atoms with van der Waals surface area (Å²) in [5, 5.41) is 8.58. The summed E-state index contributed by atoms with van der Waals surface area (Å²) < 4.78 is 0. The Kier molecular flexibility index (Phi) is 3.03. The molecular formula is C13H16N2. The van der Waals surface area contributed by atoms with Crippen LogP contribution >= 0.6 is 0 Å². The molecule has 78 valence electrons. The van der Waals surface area contributed by atoms with Gasteiger partial charge in [0.15, 0.2) is 0 Å². The fourth-order valence-electron chi connectivity index (χ4n) is 2.42. The third-order valence-corrected chi connectivity index (χ3v) is 3.11. The average Bonchev–Trinajstić information content (AvgIpc) is 2.25. The van der Waals surface area contributed by atoms with Crippen LogP contribution in [0, 0.1) is 17.2 Å². The van der Waals surface area contributed by atoms with Crippen LogP contribution in [0.25, 0.3) is 0 Å². The molecule has 15 heavy (non-hydrogen) atoms. The Morgan fingerprint density at radius 1 is 1.40 bits per heavy atom. The van der Waals surface area contributed by atoms with Crippen LogP contribution in [0.1, 0.15) is 24.9 Å². The van der Waals surface area contributed by atoms with Gasteiger partial charge in [-0.25, -0.2) is 0 Å². The molecule has 0 saturated carbocycles. The lowest BCUT2D eigenvalue weighted by Gasteiger charge is -2.47. The lowest BCUT2D eigenvalue weighted by Crippen LogP contribution is -2.48. The summed E-state index contributed by atoms with van der Waals surface area (Å²) in [6, 6.07) is 13.3. The van der Waals surface area contributed by atoms with E-state index in [2.05, 4.69) is 42.2 Å². The largest absolute Gasteiger partial charge is 0.295 e. The monoisotopic (exact) mass is 200 g/mol. The van der Waals surface area contributed by atoms with Crippen LogP contribution in [0.3, 0.4) is 0 Å². The van der Waals surface area contributed by atoms with Crippen LogP contribution in [0.4, 0.5) is 0 Å². The average molecular weight is 200 g/mol. The highest BCUT2D eigenvalue weighted by molar-refractivity contribution is 5.22. The van der Waals surface area contributed by atoms with Crippen molar-refractivity contribution in [3.8, 4) is 6.07 Å². The lowest BCUT2D eigenvalue weighted by molar-refractivity contribution is 0.0266. The molecule has 2 unspecified atom stereocenters. The van der Waals surface area contributed by atoms with Crippen molar-refractivity contribution in [2.75, 3.05) is 13.1 Å². The number of rotatable bonds is 3. The van der Waals surface area contributed by atoms with Crippen molar-refractivity contribution >= 4 is 0 Å².